The van der Waals surface area contributed by atoms with E-state index in [9.17, 15) is 4.79 Å². The molecule has 1 unspecified atom stereocenters. The number of benzene rings is 1. The molecule has 19 heavy (non-hydrogen) atoms. The first-order valence-corrected chi connectivity index (χ1v) is 7.02. The largest absolute Gasteiger partial charge is 0.389 e. The summed E-state index contributed by atoms with van der Waals surface area (Å²) < 4.78 is 0. The van der Waals surface area contributed by atoms with Crippen LogP contribution in [-0.2, 0) is 0 Å². The lowest BCUT2D eigenvalue weighted by Gasteiger charge is -2.27. The molecule has 3 nitrogen and oxygen atoms in total. The Morgan fingerprint density at radius 1 is 1.42 bits per heavy atom. The Labute approximate surface area is 119 Å². The third-order valence-corrected chi connectivity index (χ3v) is 4.21. The number of nitrogens with two attached hydrogens (primary N) is 1. The van der Waals surface area contributed by atoms with Gasteiger partial charge in [-0.15, -0.1) is 0 Å². The van der Waals surface area contributed by atoms with E-state index >= 15 is 0 Å². The molecule has 2 rings (SSSR count). The molecule has 0 spiro atoms. The summed E-state index contributed by atoms with van der Waals surface area (Å²) in [6, 6.07) is 7.41. The summed E-state index contributed by atoms with van der Waals surface area (Å²) in [7, 11) is 0. The Morgan fingerprint density at radius 2 is 2.11 bits per heavy atom. The fourth-order valence-electron chi connectivity index (χ4n) is 2.65. The SMILES string of the molecule is CC1(C)CCCC1NC(=O)c1cccc(C(N)=S)c1. The standard InChI is InChI=1S/C15H20N2OS/c1-15(2)8-4-7-12(15)17-14(18)11-6-3-5-10(9-11)13(16)19/h3,5-6,9,12H,4,7-8H2,1-2H3,(H2,16,19)(H,17,18). The zero-order valence-corrected chi connectivity index (χ0v) is 12.2. The molecule has 1 atom stereocenters. The summed E-state index contributed by atoms with van der Waals surface area (Å²) in [6.45, 7) is 4.41. The minimum atomic E-state index is -0.0434. The van der Waals surface area contributed by atoms with Gasteiger partial charge in [-0.1, -0.05) is 44.6 Å². The van der Waals surface area contributed by atoms with Crippen LogP contribution in [0.1, 0.15) is 49.0 Å². The van der Waals surface area contributed by atoms with Crippen LogP contribution in [0.15, 0.2) is 24.3 Å². The highest BCUT2D eigenvalue weighted by atomic mass is 32.1. The number of rotatable bonds is 3. The number of carbonyl (C=O) groups is 1. The first-order valence-electron chi connectivity index (χ1n) is 6.61. The third-order valence-electron chi connectivity index (χ3n) is 3.97. The first kappa shape index (κ1) is 14.0. The summed E-state index contributed by atoms with van der Waals surface area (Å²) in [4.78, 5) is 12.6. The van der Waals surface area contributed by atoms with Gasteiger partial charge in [-0.2, -0.15) is 0 Å². The molecule has 0 heterocycles. The van der Waals surface area contributed by atoms with Crippen molar-refractivity contribution in [3.05, 3.63) is 35.4 Å². The molecule has 1 aromatic rings. The number of hydrogen-bond acceptors (Lipinski definition) is 2. The van der Waals surface area contributed by atoms with Crippen molar-refractivity contribution in [3.8, 4) is 0 Å². The van der Waals surface area contributed by atoms with E-state index in [0.717, 1.165) is 18.4 Å². The molecule has 1 aromatic carbocycles. The van der Waals surface area contributed by atoms with Gasteiger partial charge < -0.3 is 11.1 Å². The molecule has 1 saturated carbocycles. The van der Waals surface area contributed by atoms with Crippen molar-refractivity contribution in [2.75, 3.05) is 0 Å². The number of amides is 1. The smallest absolute Gasteiger partial charge is 0.251 e. The van der Waals surface area contributed by atoms with Gasteiger partial charge in [-0.25, -0.2) is 0 Å². The summed E-state index contributed by atoms with van der Waals surface area (Å²) in [5.41, 5.74) is 7.11. The van der Waals surface area contributed by atoms with Crippen LogP contribution in [0.4, 0.5) is 0 Å². The lowest BCUT2D eigenvalue weighted by Crippen LogP contribution is -2.41. The van der Waals surface area contributed by atoms with Gasteiger partial charge in [-0.3, -0.25) is 4.79 Å². The van der Waals surface area contributed by atoms with E-state index in [2.05, 4.69) is 19.2 Å². The highest BCUT2D eigenvalue weighted by Crippen LogP contribution is 2.37. The molecule has 102 valence electrons. The van der Waals surface area contributed by atoms with Gasteiger partial charge in [-0.05, 0) is 30.4 Å². The predicted molar refractivity (Wildman–Crippen MR) is 81.2 cm³/mol. The van der Waals surface area contributed by atoms with Crippen LogP contribution < -0.4 is 11.1 Å². The molecular formula is C15H20N2OS. The van der Waals surface area contributed by atoms with E-state index in [-0.39, 0.29) is 17.4 Å². The van der Waals surface area contributed by atoms with E-state index in [1.165, 1.54) is 6.42 Å². The zero-order chi connectivity index (χ0) is 14.0. The molecular weight excluding hydrogens is 256 g/mol. The zero-order valence-electron chi connectivity index (χ0n) is 11.4. The number of hydrogen-bond donors (Lipinski definition) is 2. The Kier molecular flexibility index (Phi) is 3.90. The third kappa shape index (κ3) is 3.13. The fraction of sp³-hybridized carbons (Fsp3) is 0.467. The number of nitrogens with one attached hydrogen (secondary N) is 1. The van der Waals surface area contributed by atoms with E-state index in [0.29, 0.717) is 10.6 Å². The van der Waals surface area contributed by atoms with Crippen molar-refractivity contribution < 1.29 is 4.79 Å². The quantitative estimate of drug-likeness (QED) is 0.834. The van der Waals surface area contributed by atoms with Crippen LogP contribution in [0.2, 0.25) is 0 Å². The van der Waals surface area contributed by atoms with Crippen LogP contribution in [0.25, 0.3) is 0 Å². The molecule has 0 radical (unpaired) electrons. The fourth-order valence-corrected chi connectivity index (χ4v) is 2.78. The van der Waals surface area contributed by atoms with Crippen LogP contribution in [-0.4, -0.2) is 16.9 Å². The Hall–Kier alpha value is -1.42. The summed E-state index contributed by atoms with van der Waals surface area (Å²) in [5.74, 6) is -0.0434. The van der Waals surface area contributed by atoms with Gasteiger partial charge >= 0.3 is 0 Å². The topological polar surface area (TPSA) is 55.1 Å². The Balaban J connectivity index is 2.12. The first-order chi connectivity index (χ1) is 8.90. The predicted octanol–water partition coefficient (Wildman–Crippen LogP) is 2.63. The van der Waals surface area contributed by atoms with Gasteiger partial charge in [0.15, 0.2) is 0 Å². The van der Waals surface area contributed by atoms with Crippen molar-refractivity contribution in [1.29, 1.82) is 0 Å². The highest BCUT2D eigenvalue weighted by molar-refractivity contribution is 7.80. The number of thiocarbonyl (C=S) groups is 1. The van der Waals surface area contributed by atoms with Gasteiger partial charge in [0.1, 0.15) is 4.99 Å². The van der Waals surface area contributed by atoms with Crippen LogP contribution in [0, 0.1) is 5.41 Å². The Morgan fingerprint density at radius 3 is 2.68 bits per heavy atom. The van der Waals surface area contributed by atoms with Gasteiger partial charge in [0, 0.05) is 17.2 Å². The molecule has 4 heteroatoms. The maximum absolute atomic E-state index is 12.3. The molecule has 0 aromatic heterocycles. The molecule has 1 fully saturated rings. The molecule has 1 aliphatic carbocycles. The molecule has 0 saturated heterocycles. The van der Waals surface area contributed by atoms with Crippen molar-refractivity contribution in [2.45, 2.75) is 39.2 Å². The minimum absolute atomic E-state index is 0.0434. The van der Waals surface area contributed by atoms with Gasteiger partial charge in [0.25, 0.3) is 5.91 Å². The van der Waals surface area contributed by atoms with Crippen molar-refractivity contribution in [1.82, 2.24) is 5.32 Å². The van der Waals surface area contributed by atoms with Crippen LogP contribution in [0.3, 0.4) is 0 Å². The van der Waals surface area contributed by atoms with E-state index in [4.69, 9.17) is 18.0 Å². The maximum Gasteiger partial charge on any atom is 0.251 e. The number of carbonyl (C=O) groups excluding carboxylic acids is 1. The van der Waals surface area contributed by atoms with E-state index in [1.807, 2.05) is 12.1 Å². The second-order valence-corrected chi connectivity index (χ2v) is 6.29. The maximum atomic E-state index is 12.3. The molecule has 1 amide bonds. The van der Waals surface area contributed by atoms with Gasteiger partial charge in [0.2, 0.25) is 0 Å². The lowest BCUT2D eigenvalue weighted by molar-refractivity contribution is 0.0910. The van der Waals surface area contributed by atoms with Crippen molar-refractivity contribution in [2.24, 2.45) is 11.1 Å². The molecule has 0 aliphatic heterocycles. The second-order valence-electron chi connectivity index (χ2n) is 5.85. The minimum Gasteiger partial charge on any atom is -0.389 e. The second kappa shape index (κ2) is 5.29. The van der Waals surface area contributed by atoms with E-state index in [1.54, 1.807) is 12.1 Å². The van der Waals surface area contributed by atoms with Crippen molar-refractivity contribution >= 4 is 23.1 Å². The summed E-state index contributed by atoms with van der Waals surface area (Å²) in [5, 5.41) is 3.13. The average Bonchev–Trinajstić information content (AvgIpc) is 2.69. The molecule has 1 aliphatic rings. The Bertz CT molecular complexity index is 511. The van der Waals surface area contributed by atoms with Crippen molar-refractivity contribution in [3.63, 3.8) is 0 Å². The van der Waals surface area contributed by atoms with E-state index < -0.39 is 0 Å². The molecule has 0 bridgehead atoms. The highest BCUT2D eigenvalue weighted by Gasteiger charge is 2.35. The summed E-state index contributed by atoms with van der Waals surface area (Å²) in [6.07, 6.45) is 3.38. The summed E-state index contributed by atoms with van der Waals surface area (Å²) >= 11 is 4.93. The normalized spacial score (nSPS) is 21.1. The van der Waals surface area contributed by atoms with Crippen LogP contribution >= 0.6 is 12.2 Å². The lowest BCUT2D eigenvalue weighted by atomic mass is 9.87. The van der Waals surface area contributed by atoms with Gasteiger partial charge in [0.05, 0.1) is 0 Å². The average molecular weight is 276 g/mol. The van der Waals surface area contributed by atoms with Crippen LogP contribution in [0.5, 0.6) is 0 Å². The monoisotopic (exact) mass is 276 g/mol. The molecule has 3 N–H and O–H groups in total.